The molecule has 0 aromatic heterocycles. The molecule has 0 aliphatic carbocycles. The van der Waals surface area contributed by atoms with E-state index in [4.69, 9.17) is 38.5 Å². The number of amides is 2. The summed E-state index contributed by atoms with van der Waals surface area (Å²) in [5, 5.41) is 4.51. The largest absolute Gasteiger partial charge is 0.444 e. The van der Waals surface area contributed by atoms with E-state index in [1.165, 1.54) is 0 Å². The highest BCUT2D eigenvalue weighted by Crippen LogP contribution is 2.17. The number of ether oxygens (including phenoxy) is 1. The van der Waals surface area contributed by atoms with E-state index in [2.05, 4.69) is 5.16 Å². The van der Waals surface area contributed by atoms with Crippen molar-refractivity contribution in [2.45, 2.75) is 31.6 Å². The summed E-state index contributed by atoms with van der Waals surface area (Å²) in [5.41, 5.74) is 7.73. The Bertz CT molecular complexity index is 906. The van der Waals surface area contributed by atoms with Gasteiger partial charge in [-0.15, -0.1) is 0 Å². The van der Waals surface area contributed by atoms with Gasteiger partial charge in [-0.1, -0.05) is 70.8 Å². The standard InChI is InChI=1S/C21H21Cl2N3O4/c22-16-8-6-14(7-9-16)10-18(24)20(27)26(12-17-11-19(23)25-30-17)21(28)29-13-15-4-2-1-3-5-15/h1-9,17-18H,10-13,24H2/t17?,18-/m1/s1. The van der Waals surface area contributed by atoms with Crippen LogP contribution in [0.3, 0.4) is 0 Å². The van der Waals surface area contributed by atoms with Crippen molar-refractivity contribution in [3.05, 3.63) is 70.7 Å². The second-order valence-electron chi connectivity index (χ2n) is 6.83. The Morgan fingerprint density at radius 3 is 2.47 bits per heavy atom. The molecular weight excluding hydrogens is 429 g/mol. The van der Waals surface area contributed by atoms with E-state index >= 15 is 0 Å². The normalized spacial score (nSPS) is 16.4. The Labute approximate surface area is 184 Å². The lowest BCUT2D eigenvalue weighted by Crippen LogP contribution is -2.50. The number of oxime groups is 1. The zero-order valence-corrected chi connectivity index (χ0v) is 17.6. The number of hydrogen-bond acceptors (Lipinski definition) is 6. The molecule has 30 heavy (non-hydrogen) atoms. The van der Waals surface area contributed by atoms with Crippen LogP contribution in [-0.2, 0) is 27.4 Å². The molecule has 2 aromatic carbocycles. The monoisotopic (exact) mass is 449 g/mol. The molecule has 2 amide bonds. The molecule has 2 N–H and O–H groups in total. The number of carbonyl (C=O) groups is 2. The van der Waals surface area contributed by atoms with Crippen LogP contribution in [0.4, 0.5) is 4.79 Å². The molecule has 7 nitrogen and oxygen atoms in total. The Morgan fingerprint density at radius 2 is 1.83 bits per heavy atom. The Balaban J connectivity index is 1.67. The minimum Gasteiger partial charge on any atom is -0.444 e. The van der Waals surface area contributed by atoms with Crippen LogP contribution in [0.1, 0.15) is 17.5 Å². The Kier molecular flexibility index (Phi) is 7.68. The molecule has 2 atom stereocenters. The van der Waals surface area contributed by atoms with Crippen LogP contribution < -0.4 is 5.73 Å². The molecule has 158 valence electrons. The summed E-state index contributed by atoms with van der Waals surface area (Å²) in [6.07, 6.45) is -0.819. The Hall–Kier alpha value is -2.61. The SMILES string of the molecule is N[C@H](Cc1ccc(Cl)cc1)C(=O)N(CC1CC(Cl)=NO1)C(=O)OCc1ccccc1. The van der Waals surface area contributed by atoms with Gasteiger partial charge in [0.15, 0.2) is 6.10 Å². The third-order valence-corrected chi connectivity index (χ3v) is 4.94. The van der Waals surface area contributed by atoms with Crippen LogP contribution in [0, 0.1) is 0 Å². The molecule has 1 aliphatic heterocycles. The highest BCUT2D eigenvalue weighted by molar-refractivity contribution is 6.65. The highest BCUT2D eigenvalue weighted by Gasteiger charge is 2.33. The Morgan fingerprint density at radius 1 is 1.13 bits per heavy atom. The fourth-order valence-corrected chi connectivity index (χ4v) is 3.25. The molecule has 1 heterocycles. The van der Waals surface area contributed by atoms with Crippen molar-refractivity contribution in [1.29, 1.82) is 0 Å². The number of halogens is 2. The molecule has 0 bridgehead atoms. The quantitative estimate of drug-likeness (QED) is 0.694. The van der Waals surface area contributed by atoms with Gasteiger partial charge < -0.3 is 15.3 Å². The molecule has 0 fully saturated rings. The number of carbonyl (C=O) groups excluding carboxylic acids is 2. The molecule has 0 radical (unpaired) electrons. The number of hydrogen-bond donors (Lipinski definition) is 1. The van der Waals surface area contributed by atoms with E-state index in [1.54, 1.807) is 24.3 Å². The lowest BCUT2D eigenvalue weighted by atomic mass is 10.1. The predicted octanol–water partition coefficient (Wildman–Crippen LogP) is 3.72. The van der Waals surface area contributed by atoms with E-state index in [0.29, 0.717) is 11.4 Å². The van der Waals surface area contributed by atoms with Crippen LogP contribution in [0.2, 0.25) is 5.02 Å². The third-order valence-electron chi connectivity index (χ3n) is 4.46. The average molecular weight is 450 g/mol. The lowest BCUT2D eigenvalue weighted by Gasteiger charge is -2.25. The summed E-state index contributed by atoms with van der Waals surface area (Å²) in [6.45, 7) is -0.0425. The van der Waals surface area contributed by atoms with Crippen LogP contribution in [0.5, 0.6) is 0 Å². The summed E-state index contributed by atoms with van der Waals surface area (Å²) in [7, 11) is 0. The van der Waals surface area contributed by atoms with Crippen LogP contribution >= 0.6 is 23.2 Å². The van der Waals surface area contributed by atoms with Gasteiger partial charge in [0.25, 0.3) is 0 Å². The second-order valence-corrected chi connectivity index (χ2v) is 7.70. The summed E-state index contributed by atoms with van der Waals surface area (Å²) >= 11 is 11.7. The number of nitrogens with zero attached hydrogens (tertiary/aromatic N) is 2. The first-order valence-electron chi connectivity index (χ1n) is 9.32. The van der Waals surface area contributed by atoms with E-state index in [0.717, 1.165) is 16.0 Å². The maximum absolute atomic E-state index is 13.0. The summed E-state index contributed by atoms with van der Waals surface area (Å²) in [4.78, 5) is 31.8. The molecule has 9 heteroatoms. The van der Waals surface area contributed by atoms with Crippen molar-refractivity contribution in [2.24, 2.45) is 10.9 Å². The summed E-state index contributed by atoms with van der Waals surface area (Å²) in [5.74, 6) is -0.574. The van der Waals surface area contributed by atoms with Gasteiger partial charge in [0.2, 0.25) is 5.91 Å². The minimum atomic E-state index is -0.951. The maximum atomic E-state index is 13.0. The lowest BCUT2D eigenvalue weighted by molar-refractivity contribution is -0.132. The molecule has 1 unspecified atom stereocenters. The highest BCUT2D eigenvalue weighted by atomic mass is 35.5. The number of nitrogens with two attached hydrogens (primary N) is 1. The molecular formula is C21H21Cl2N3O4. The molecule has 1 aliphatic rings. The number of benzene rings is 2. The van der Waals surface area contributed by atoms with Crippen molar-refractivity contribution in [2.75, 3.05) is 6.54 Å². The number of rotatable bonds is 7. The predicted molar refractivity (Wildman–Crippen MR) is 114 cm³/mol. The third kappa shape index (κ3) is 6.19. The van der Waals surface area contributed by atoms with Crippen LogP contribution in [0.25, 0.3) is 0 Å². The van der Waals surface area contributed by atoms with Gasteiger partial charge in [-0.05, 0) is 29.7 Å². The van der Waals surface area contributed by atoms with Gasteiger partial charge in [0, 0.05) is 11.4 Å². The first-order valence-corrected chi connectivity index (χ1v) is 10.1. The van der Waals surface area contributed by atoms with Gasteiger partial charge in [0.1, 0.15) is 11.8 Å². The van der Waals surface area contributed by atoms with Gasteiger partial charge in [0.05, 0.1) is 12.6 Å². The van der Waals surface area contributed by atoms with Gasteiger partial charge in [-0.3, -0.25) is 4.79 Å². The summed E-state index contributed by atoms with van der Waals surface area (Å²) in [6, 6.07) is 15.2. The minimum absolute atomic E-state index is 0.0264. The van der Waals surface area contributed by atoms with Crippen LogP contribution in [0.15, 0.2) is 59.8 Å². The fraction of sp³-hybridized carbons (Fsp3) is 0.286. The van der Waals surface area contributed by atoms with Crippen molar-refractivity contribution in [3.8, 4) is 0 Å². The average Bonchev–Trinajstić information content (AvgIpc) is 3.17. The fourth-order valence-electron chi connectivity index (χ4n) is 2.91. The van der Waals surface area contributed by atoms with Crippen molar-refractivity contribution < 1.29 is 19.2 Å². The zero-order chi connectivity index (χ0) is 21.5. The zero-order valence-electron chi connectivity index (χ0n) is 16.0. The second kappa shape index (κ2) is 10.4. The van der Waals surface area contributed by atoms with Crippen molar-refractivity contribution >= 4 is 40.4 Å². The van der Waals surface area contributed by atoms with Crippen molar-refractivity contribution in [3.63, 3.8) is 0 Å². The first kappa shape index (κ1) is 22.1. The molecule has 0 saturated carbocycles. The molecule has 0 saturated heterocycles. The summed E-state index contributed by atoms with van der Waals surface area (Å²) < 4.78 is 5.33. The maximum Gasteiger partial charge on any atom is 0.417 e. The van der Waals surface area contributed by atoms with Gasteiger partial charge in [-0.2, -0.15) is 0 Å². The number of imide groups is 1. The van der Waals surface area contributed by atoms with E-state index in [-0.39, 0.29) is 24.7 Å². The van der Waals surface area contributed by atoms with Crippen LogP contribution in [-0.4, -0.2) is 40.8 Å². The van der Waals surface area contributed by atoms with E-state index in [9.17, 15) is 9.59 Å². The smallest absolute Gasteiger partial charge is 0.417 e. The topological polar surface area (TPSA) is 94.2 Å². The first-order chi connectivity index (χ1) is 14.4. The van der Waals surface area contributed by atoms with E-state index in [1.807, 2.05) is 30.3 Å². The van der Waals surface area contributed by atoms with Gasteiger partial charge >= 0.3 is 6.09 Å². The molecule has 0 spiro atoms. The van der Waals surface area contributed by atoms with Gasteiger partial charge in [-0.25, -0.2) is 9.69 Å². The molecule has 3 rings (SSSR count). The van der Waals surface area contributed by atoms with Crippen molar-refractivity contribution in [1.82, 2.24) is 4.90 Å². The molecule has 2 aromatic rings. The van der Waals surface area contributed by atoms with E-state index < -0.39 is 24.1 Å².